The molecule has 0 radical (unpaired) electrons. The summed E-state index contributed by atoms with van der Waals surface area (Å²) >= 11 is 0. The minimum Gasteiger partial charge on any atom is -0.388 e. The Kier molecular flexibility index (Phi) is 3.94. The predicted molar refractivity (Wildman–Crippen MR) is 73.0 cm³/mol. The fourth-order valence-corrected chi connectivity index (χ4v) is 2.80. The quantitative estimate of drug-likeness (QED) is 0.894. The SMILES string of the molecule is CCc1cc(C(=O)N(C)CC2(O)CCCC2)n(C)n1. The number of aryl methyl sites for hydroxylation is 2. The standard InChI is InChI=1S/C14H23N3O2/c1-4-11-9-12(17(3)15-11)13(18)16(2)10-14(19)7-5-6-8-14/h9,19H,4-8,10H2,1-3H3. The highest BCUT2D eigenvalue weighted by Gasteiger charge is 2.34. The predicted octanol–water partition coefficient (Wildman–Crippen LogP) is 1.36. The molecular formula is C14H23N3O2. The number of nitrogens with zero attached hydrogens (tertiary/aromatic N) is 3. The molecule has 1 saturated carbocycles. The minimum atomic E-state index is -0.698. The highest BCUT2D eigenvalue weighted by atomic mass is 16.3. The van der Waals surface area contributed by atoms with Crippen molar-refractivity contribution in [1.29, 1.82) is 0 Å². The third-order valence-corrected chi connectivity index (χ3v) is 3.92. The Balaban J connectivity index is 2.07. The van der Waals surface area contributed by atoms with E-state index in [9.17, 15) is 9.90 Å². The van der Waals surface area contributed by atoms with E-state index < -0.39 is 5.60 Å². The van der Waals surface area contributed by atoms with E-state index in [0.29, 0.717) is 12.2 Å². The first-order chi connectivity index (χ1) is 8.95. The van der Waals surface area contributed by atoms with Crippen molar-refractivity contribution in [1.82, 2.24) is 14.7 Å². The summed E-state index contributed by atoms with van der Waals surface area (Å²) in [6.45, 7) is 2.42. The number of aromatic nitrogens is 2. The van der Waals surface area contributed by atoms with Crippen molar-refractivity contribution >= 4 is 5.91 Å². The number of carbonyl (C=O) groups is 1. The molecule has 5 nitrogen and oxygen atoms in total. The highest BCUT2D eigenvalue weighted by molar-refractivity contribution is 5.92. The van der Waals surface area contributed by atoms with E-state index in [1.54, 1.807) is 23.7 Å². The van der Waals surface area contributed by atoms with Crippen molar-refractivity contribution in [2.24, 2.45) is 7.05 Å². The van der Waals surface area contributed by atoms with E-state index in [4.69, 9.17) is 0 Å². The van der Waals surface area contributed by atoms with Gasteiger partial charge in [0.15, 0.2) is 0 Å². The lowest BCUT2D eigenvalue weighted by molar-refractivity contribution is 0.0153. The fourth-order valence-electron chi connectivity index (χ4n) is 2.80. The third kappa shape index (κ3) is 2.97. The molecule has 106 valence electrons. The number of hydrogen-bond donors (Lipinski definition) is 1. The molecule has 1 aromatic rings. The molecule has 0 atom stereocenters. The molecule has 1 heterocycles. The average molecular weight is 265 g/mol. The van der Waals surface area contributed by atoms with Gasteiger partial charge in [-0.2, -0.15) is 5.10 Å². The van der Waals surface area contributed by atoms with Gasteiger partial charge < -0.3 is 10.0 Å². The van der Waals surface area contributed by atoms with Gasteiger partial charge in [0.2, 0.25) is 0 Å². The molecule has 0 bridgehead atoms. The molecule has 0 unspecified atom stereocenters. The van der Waals surface area contributed by atoms with Crippen LogP contribution in [0, 0.1) is 0 Å². The number of amides is 1. The summed E-state index contributed by atoms with van der Waals surface area (Å²) in [5.41, 5.74) is 0.802. The lowest BCUT2D eigenvalue weighted by Gasteiger charge is -2.28. The molecule has 0 saturated heterocycles. The molecule has 2 rings (SSSR count). The molecule has 0 aliphatic heterocycles. The maximum Gasteiger partial charge on any atom is 0.271 e. The van der Waals surface area contributed by atoms with Crippen LogP contribution in [0.2, 0.25) is 0 Å². The third-order valence-electron chi connectivity index (χ3n) is 3.92. The van der Waals surface area contributed by atoms with Crippen LogP contribution in [-0.4, -0.2) is 44.9 Å². The number of hydrogen-bond acceptors (Lipinski definition) is 3. The van der Waals surface area contributed by atoms with Gasteiger partial charge in [-0.3, -0.25) is 9.48 Å². The van der Waals surface area contributed by atoms with Gasteiger partial charge in [0.25, 0.3) is 5.91 Å². The number of rotatable bonds is 4. The number of aliphatic hydroxyl groups is 1. The second-order valence-corrected chi connectivity index (χ2v) is 5.59. The zero-order valence-electron chi connectivity index (χ0n) is 12.0. The van der Waals surface area contributed by atoms with Gasteiger partial charge in [0.1, 0.15) is 5.69 Å². The van der Waals surface area contributed by atoms with Crippen LogP contribution in [0.5, 0.6) is 0 Å². The van der Waals surface area contributed by atoms with Crippen molar-refractivity contribution in [2.75, 3.05) is 13.6 Å². The Labute approximate surface area is 114 Å². The Morgan fingerprint density at radius 2 is 2.16 bits per heavy atom. The summed E-state index contributed by atoms with van der Waals surface area (Å²) in [4.78, 5) is 14.0. The topological polar surface area (TPSA) is 58.4 Å². The Bertz CT molecular complexity index is 461. The highest BCUT2D eigenvalue weighted by Crippen LogP contribution is 2.30. The van der Waals surface area contributed by atoms with Gasteiger partial charge in [0, 0.05) is 20.6 Å². The van der Waals surface area contributed by atoms with Crippen molar-refractivity contribution < 1.29 is 9.90 Å². The molecule has 0 aromatic carbocycles. The van der Waals surface area contributed by atoms with Crippen molar-refractivity contribution in [3.05, 3.63) is 17.5 Å². The van der Waals surface area contributed by atoms with Gasteiger partial charge in [-0.15, -0.1) is 0 Å². The van der Waals surface area contributed by atoms with Crippen LogP contribution in [-0.2, 0) is 13.5 Å². The Hall–Kier alpha value is -1.36. The first-order valence-corrected chi connectivity index (χ1v) is 6.96. The van der Waals surface area contributed by atoms with E-state index >= 15 is 0 Å². The van der Waals surface area contributed by atoms with Gasteiger partial charge in [-0.05, 0) is 25.3 Å². The summed E-state index contributed by atoms with van der Waals surface area (Å²) in [7, 11) is 3.53. The van der Waals surface area contributed by atoms with Crippen LogP contribution in [0.4, 0.5) is 0 Å². The van der Waals surface area contributed by atoms with E-state index in [-0.39, 0.29) is 5.91 Å². The van der Waals surface area contributed by atoms with Gasteiger partial charge >= 0.3 is 0 Å². The van der Waals surface area contributed by atoms with Crippen LogP contribution in [0.15, 0.2) is 6.07 Å². The first kappa shape index (κ1) is 14.1. The van der Waals surface area contributed by atoms with E-state index in [1.807, 2.05) is 13.0 Å². The fraction of sp³-hybridized carbons (Fsp3) is 0.714. The zero-order chi connectivity index (χ0) is 14.0. The van der Waals surface area contributed by atoms with Crippen LogP contribution in [0.1, 0.15) is 48.8 Å². The molecule has 5 heteroatoms. The average Bonchev–Trinajstić information content (AvgIpc) is 2.94. The second kappa shape index (κ2) is 5.33. The smallest absolute Gasteiger partial charge is 0.271 e. The minimum absolute atomic E-state index is 0.0741. The molecule has 1 fully saturated rings. The van der Waals surface area contributed by atoms with E-state index in [1.165, 1.54) is 0 Å². The van der Waals surface area contributed by atoms with E-state index in [0.717, 1.165) is 37.8 Å². The number of carbonyl (C=O) groups excluding carboxylic acids is 1. The molecule has 1 aliphatic carbocycles. The number of likely N-dealkylation sites (N-methyl/N-ethyl adjacent to an activating group) is 1. The molecule has 1 N–H and O–H groups in total. The summed E-state index contributed by atoms with van der Waals surface area (Å²) in [6, 6.07) is 1.83. The molecule has 1 aromatic heterocycles. The summed E-state index contributed by atoms with van der Waals surface area (Å²) < 4.78 is 1.62. The lowest BCUT2D eigenvalue weighted by Crippen LogP contribution is -2.42. The lowest BCUT2D eigenvalue weighted by atomic mass is 10.0. The van der Waals surface area contributed by atoms with Gasteiger partial charge in [0.05, 0.1) is 11.3 Å². The Morgan fingerprint density at radius 1 is 1.53 bits per heavy atom. The van der Waals surface area contributed by atoms with Gasteiger partial charge in [-0.1, -0.05) is 19.8 Å². The first-order valence-electron chi connectivity index (χ1n) is 6.96. The molecule has 19 heavy (non-hydrogen) atoms. The molecular weight excluding hydrogens is 242 g/mol. The molecule has 0 spiro atoms. The summed E-state index contributed by atoms with van der Waals surface area (Å²) in [6.07, 6.45) is 4.48. The summed E-state index contributed by atoms with van der Waals surface area (Å²) in [5.74, 6) is -0.0741. The maximum atomic E-state index is 12.4. The second-order valence-electron chi connectivity index (χ2n) is 5.59. The van der Waals surface area contributed by atoms with Gasteiger partial charge in [-0.25, -0.2) is 0 Å². The van der Waals surface area contributed by atoms with Crippen LogP contribution in [0.3, 0.4) is 0 Å². The van der Waals surface area contributed by atoms with Crippen LogP contribution < -0.4 is 0 Å². The monoisotopic (exact) mass is 265 g/mol. The van der Waals surface area contributed by atoms with Crippen molar-refractivity contribution in [2.45, 2.75) is 44.6 Å². The normalized spacial score (nSPS) is 17.7. The zero-order valence-corrected chi connectivity index (χ0v) is 12.0. The van der Waals surface area contributed by atoms with Crippen molar-refractivity contribution in [3.8, 4) is 0 Å². The van der Waals surface area contributed by atoms with Crippen LogP contribution >= 0.6 is 0 Å². The van der Waals surface area contributed by atoms with Crippen LogP contribution in [0.25, 0.3) is 0 Å². The Morgan fingerprint density at radius 3 is 2.68 bits per heavy atom. The van der Waals surface area contributed by atoms with Crippen molar-refractivity contribution in [3.63, 3.8) is 0 Å². The largest absolute Gasteiger partial charge is 0.388 e. The maximum absolute atomic E-state index is 12.4. The van der Waals surface area contributed by atoms with E-state index in [2.05, 4.69) is 5.10 Å². The summed E-state index contributed by atoms with van der Waals surface area (Å²) in [5, 5.41) is 14.7. The molecule has 1 amide bonds. The molecule has 1 aliphatic rings.